The summed E-state index contributed by atoms with van der Waals surface area (Å²) in [5, 5.41) is 14.4. The lowest BCUT2D eigenvalue weighted by molar-refractivity contribution is -0.435. The fourth-order valence-corrected chi connectivity index (χ4v) is 7.29. The highest BCUT2D eigenvalue weighted by atomic mass is 16.5. The van der Waals surface area contributed by atoms with Crippen molar-refractivity contribution in [3.63, 3.8) is 0 Å². The molecule has 2 aliphatic heterocycles. The Morgan fingerprint density at radius 2 is 1.49 bits per heavy atom. The van der Waals surface area contributed by atoms with Crippen LogP contribution in [-0.4, -0.2) is 47.5 Å². The molecule has 0 saturated carbocycles. The van der Waals surface area contributed by atoms with E-state index in [4.69, 9.17) is 4.74 Å². The van der Waals surface area contributed by atoms with Crippen molar-refractivity contribution in [2.75, 3.05) is 24.6 Å². The number of para-hydroxylation sites is 1. The fraction of sp³-hybridized carbons (Fsp3) is 0.256. The summed E-state index contributed by atoms with van der Waals surface area (Å²) in [7, 11) is 0. The number of ether oxygens (including phenoxy) is 1. The molecule has 0 aromatic heterocycles. The van der Waals surface area contributed by atoms with Crippen molar-refractivity contribution < 1.29 is 24.0 Å². The maximum atomic E-state index is 11.8. The minimum Gasteiger partial charge on any atom is -0.481 e. The summed E-state index contributed by atoms with van der Waals surface area (Å²) < 4.78 is 7.26. The van der Waals surface area contributed by atoms with E-state index in [1.807, 2.05) is 18.2 Å². The van der Waals surface area contributed by atoms with Crippen molar-refractivity contribution in [2.24, 2.45) is 0 Å². The maximum absolute atomic E-state index is 11.8. The van der Waals surface area contributed by atoms with Crippen molar-refractivity contribution in [1.29, 1.82) is 0 Å². The Kier molecular flexibility index (Phi) is 7.92. The van der Waals surface area contributed by atoms with Gasteiger partial charge in [0.2, 0.25) is 5.69 Å². The standard InChI is InChI=1S/C39H38N2O4/c1-38(2)31-18-12-13-19-32(31)40(24-25-45-26-42)33(38)20-6-5-7-21-34-39(3,4)36-29-16-10-8-14-27(29)28-15-9-11-17-30(28)37(36)41(34)23-22-35(43)44/h5-21,26H,22-25H2,1-4H3/p+1. The molecule has 0 spiro atoms. The largest absolute Gasteiger partial charge is 0.481 e. The molecule has 6 heteroatoms. The molecule has 2 heterocycles. The molecule has 0 aliphatic carbocycles. The van der Waals surface area contributed by atoms with E-state index in [0.717, 1.165) is 28.2 Å². The van der Waals surface area contributed by atoms with Crippen LogP contribution < -0.4 is 4.90 Å². The molecule has 0 unspecified atom stereocenters. The van der Waals surface area contributed by atoms with E-state index in [1.165, 1.54) is 27.3 Å². The Bertz CT molecular complexity index is 1940. The maximum Gasteiger partial charge on any atom is 0.309 e. The predicted molar refractivity (Wildman–Crippen MR) is 182 cm³/mol. The Hall–Kier alpha value is -4.97. The number of hydrogen-bond acceptors (Lipinski definition) is 4. The van der Waals surface area contributed by atoms with Gasteiger partial charge in [-0.2, -0.15) is 4.58 Å². The Labute approximate surface area is 264 Å². The lowest BCUT2D eigenvalue weighted by Crippen LogP contribution is -2.29. The molecule has 0 amide bonds. The summed E-state index contributed by atoms with van der Waals surface area (Å²) in [6, 6.07) is 25.3. The molecule has 4 aromatic rings. The predicted octanol–water partition coefficient (Wildman–Crippen LogP) is 7.81. The van der Waals surface area contributed by atoms with Gasteiger partial charge in [-0.1, -0.05) is 92.7 Å². The van der Waals surface area contributed by atoms with Crippen LogP contribution in [0.4, 0.5) is 11.4 Å². The first-order valence-electron chi connectivity index (χ1n) is 15.5. The van der Waals surface area contributed by atoms with Crippen molar-refractivity contribution in [3.8, 4) is 0 Å². The van der Waals surface area contributed by atoms with Crippen LogP contribution in [0, 0.1) is 0 Å². The quantitative estimate of drug-likeness (QED) is 0.0662. The summed E-state index contributed by atoms with van der Waals surface area (Å²) in [6.07, 6.45) is 10.4. The minimum absolute atomic E-state index is 0.0369. The first kappa shape index (κ1) is 30.1. The van der Waals surface area contributed by atoms with Gasteiger partial charge >= 0.3 is 5.97 Å². The molecule has 0 atom stereocenters. The van der Waals surface area contributed by atoms with Gasteiger partial charge in [-0.25, -0.2) is 0 Å². The summed E-state index contributed by atoms with van der Waals surface area (Å²) in [6.45, 7) is 10.6. The zero-order valence-electron chi connectivity index (χ0n) is 26.3. The molecule has 6 nitrogen and oxygen atoms in total. The van der Waals surface area contributed by atoms with E-state index in [1.54, 1.807) is 0 Å². The molecular formula is C39H39N2O4+. The molecule has 0 radical (unpaired) electrons. The normalized spacial score (nSPS) is 17.6. The number of carbonyl (C=O) groups is 2. The lowest BCUT2D eigenvalue weighted by atomic mass is 9.78. The van der Waals surface area contributed by atoms with E-state index in [-0.39, 0.29) is 17.3 Å². The number of nitrogens with zero attached hydrogens (tertiary/aromatic N) is 2. The zero-order chi connectivity index (χ0) is 31.8. The van der Waals surface area contributed by atoms with Gasteiger partial charge in [0.25, 0.3) is 6.47 Å². The van der Waals surface area contributed by atoms with Crippen LogP contribution in [0.2, 0.25) is 0 Å². The number of carboxylic acid groups (broad SMARTS) is 1. The van der Waals surface area contributed by atoms with Crippen LogP contribution in [0.3, 0.4) is 0 Å². The van der Waals surface area contributed by atoms with Gasteiger partial charge < -0.3 is 14.7 Å². The first-order valence-corrected chi connectivity index (χ1v) is 15.5. The fourth-order valence-electron chi connectivity index (χ4n) is 7.29. The van der Waals surface area contributed by atoms with Crippen LogP contribution in [0.25, 0.3) is 21.5 Å². The van der Waals surface area contributed by atoms with E-state index in [2.05, 4.69) is 122 Å². The van der Waals surface area contributed by atoms with Gasteiger partial charge in [0, 0.05) is 28.4 Å². The number of allylic oxidation sites excluding steroid dienone is 6. The number of aliphatic carboxylic acids is 1. The third-order valence-electron chi connectivity index (χ3n) is 9.31. The molecule has 228 valence electrons. The summed E-state index contributed by atoms with van der Waals surface area (Å²) in [5.74, 6) is -0.815. The second-order valence-electron chi connectivity index (χ2n) is 12.7. The van der Waals surface area contributed by atoms with Crippen LogP contribution in [0.15, 0.2) is 109 Å². The van der Waals surface area contributed by atoms with Crippen molar-refractivity contribution >= 4 is 51.1 Å². The third kappa shape index (κ3) is 5.14. The molecule has 4 aromatic carbocycles. The number of rotatable bonds is 10. The number of carboxylic acids is 1. The summed E-state index contributed by atoms with van der Waals surface area (Å²) in [4.78, 5) is 24.8. The van der Waals surface area contributed by atoms with Crippen molar-refractivity contribution in [1.82, 2.24) is 0 Å². The van der Waals surface area contributed by atoms with Crippen LogP contribution in [-0.2, 0) is 25.2 Å². The van der Waals surface area contributed by atoms with Gasteiger partial charge in [0.05, 0.1) is 17.3 Å². The van der Waals surface area contributed by atoms with Gasteiger partial charge in [0.15, 0.2) is 12.3 Å². The average Bonchev–Trinajstić information content (AvgIpc) is 3.39. The first-order chi connectivity index (χ1) is 21.7. The number of anilines is 1. The Balaban J connectivity index is 1.40. The third-order valence-corrected chi connectivity index (χ3v) is 9.31. The lowest BCUT2D eigenvalue weighted by Gasteiger charge is -2.26. The van der Waals surface area contributed by atoms with Crippen LogP contribution in [0.1, 0.15) is 45.2 Å². The Morgan fingerprint density at radius 1 is 0.844 bits per heavy atom. The van der Waals surface area contributed by atoms with Gasteiger partial charge in [-0.05, 0) is 53.8 Å². The zero-order valence-corrected chi connectivity index (χ0v) is 26.3. The molecule has 1 N–H and O–H groups in total. The van der Waals surface area contributed by atoms with Gasteiger partial charge in [-0.15, -0.1) is 0 Å². The van der Waals surface area contributed by atoms with E-state index >= 15 is 0 Å². The van der Waals surface area contributed by atoms with Crippen LogP contribution >= 0.6 is 0 Å². The highest BCUT2D eigenvalue weighted by Gasteiger charge is 2.47. The molecule has 0 saturated heterocycles. The SMILES string of the molecule is CC1(C)C(/C=C/C=C/C=C2\N(CCOC=O)c3ccccc3C2(C)C)=[N+](CCC(=O)O)c2c1c1ccccc1c1ccccc21. The smallest absolute Gasteiger partial charge is 0.309 e. The molecule has 2 aliphatic rings. The highest BCUT2D eigenvalue weighted by Crippen LogP contribution is 2.49. The molecule has 6 rings (SSSR count). The summed E-state index contributed by atoms with van der Waals surface area (Å²) in [5.41, 5.74) is 6.31. The molecule has 0 fully saturated rings. The number of benzene rings is 4. The number of fused-ring (bicyclic) bond motifs is 7. The topological polar surface area (TPSA) is 69.8 Å². The monoisotopic (exact) mass is 599 g/mol. The van der Waals surface area contributed by atoms with Crippen molar-refractivity contribution in [2.45, 2.75) is 44.9 Å². The minimum atomic E-state index is -0.815. The van der Waals surface area contributed by atoms with Gasteiger partial charge in [-0.3, -0.25) is 9.59 Å². The Morgan fingerprint density at radius 3 is 2.20 bits per heavy atom. The number of hydrogen-bond donors (Lipinski definition) is 1. The second-order valence-corrected chi connectivity index (χ2v) is 12.7. The van der Waals surface area contributed by atoms with Gasteiger partial charge in [0.1, 0.15) is 13.0 Å². The van der Waals surface area contributed by atoms with Crippen LogP contribution in [0.5, 0.6) is 0 Å². The summed E-state index contributed by atoms with van der Waals surface area (Å²) >= 11 is 0. The molecule has 0 bridgehead atoms. The average molecular weight is 600 g/mol. The van der Waals surface area contributed by atoms with E-state index in [0.29, 0.717) is 26.2 Å². The molecule has 45 heavy (non-hydrogen) atoms. The van der Waals surface area contributed by atoms with E-state index < -0.39 is 5.97 Å². The number of carbonyl (C=O) groups excluding carboxylic acids is 1. The molecular weight excluding hydrogens is 560 g/mol. The van der Waals surface area contributed by atoms with Crippen molar-refractivity contribution in [3.05, 3.63) is 120 Å². The van der Waals surface area contributed by atoms with E-state index in [9.17, 15) is 14.7 Å². The highest BCUT2D eigenvalue weighted by molar-refractivity contribution is 6.18. The second kappa shape index (κ2) is 11.8.